The Morgan fingerprint density at radius 3 is 2.27 bits per heavy atom. The zero-order valence-corrected chi connectivity index (χ0v) is 12.3. The molecule has 2 atom stereocenters. The molecule has 114 valence electrons. The molecule has 2 heterocycles. The molecule has 1 N–H and O–H groups in total. The molecule has 4 nitrogen and oxygen atoms in total. The molecule has 0 amide bonds. The number of aliphatic hydroxyl groups excluding tert-OH is 1. The van der Waals surface area contributed by atoms with Crippen molar-refractivity contribution in [1.82, 2.24) is 0 Å². The average Bonchev–Trinajstić information content (AvgIpc) is 2.77. The summed E-state index contributed by atoms with van der Waals surface area (Å²) in [4.78, 5) is 2.25. The van der Waals surface area contributed by atoms with Crippen LogP contribution in [0.1, 0.15) is 12.8 Å². The highest BCUT2D eigenvalue weighted by Crippen LogP contribution is 2.47. The number of aliphatic hydroxyl groups is 1. The van der Waals surface area contributed by atoms with E-state index in [1.54, 1.807) is 0 Å². The van der Waals surface area contributed by atoms with Crippen molar-refractivity contribution in [2.45, 2.75) is 25.0 Å². The van der Waals surface area contributed by atoms with Crippen molar-refractivity contribution in [3.05, 3.63) is 48.5 Å². The molecule has 0 bridgehead atoms. The van der Waals surface area contributed by atoms with Gasteiger partial charge < -0.3 is 19.5 Å². The van der Waals surface area contributed by atoms with Crippen LogP contribution in [0, 0.1) is 0 Å². The monoisotopic (exact) mass is 297 g/mol. The van der Waals surface area contributed by atoms with Crippen LogP contribution in [-0.2, 0) is 4.74 Å². The lowest BCUT2D eigenvalue weighted by atomic mass is 10.0. The molecule has 0 aliphatic carbocycles. The summed E-state index contributed by atoms with van der Waals surface area (Å²) in [5, 5.41) is 10.1. The summed E-state index contributed by atoms with van der Waals surface area (Å²) in [5.41, 5.74) is 2.06. The molecule has 0 radical (unpaired) electrons. The third kappa shape index (κ3) is 2.34. The summed E-state index contributed by atoms with van der Waals surface area (Å²) in [7, 11) is 0. The highest BCUT2D eigenvalue weighted by Gasteiger charge is 2.32. The summed E-state index contributed by atoms with van der Waals surface area (Å²) < 4.78 is 11.7. The number of benzene rings is 2. The molecule has 2 aliphatic rings. The van der Waals surface area contributed by atoms with E-state index in [9.17, 15) is 5.11 Å². The quantitative estimate of drug-likeness (QED) is 0.875. The van der Waals surface area contributed by atoms with Crippen LogP contribution in [0.25, 0.3) is 0 Å². The fourth-order valence-electron chi connectivity index (χ4n) is 3.25. The molecule has 2 aliphatic heterocycles. The fourth-order valence-corrected chi connectivity index (χ4v) is 3.25. The first-order valence-corrected chi connectivity index (χ1v) is 7.74. The van der Waals surface area contributed by atoms with Crippen molar-refractivity contribution in [1.29, 1.82) is 0 Å². The van der Waals surface area contributed by atoms with Gasteiger partial charge in [0.05, 0.1) is 30.1 Å². The standard InChI is InChI=1S/C18H19NO3/c20-14-9-10-21-12-13(11-14)19-15-5-1-3-7-17(15)22-18-8-4-2-6-16(18)19/h1-8,13-14,20H,9-12H2/t13-,14+/m1/s1. The highest BCUT2D eigenvalue weighted by molar-refractivity contribution is 5.78. The van der Waals surface area contributed by atoms with E-state index in [-0.39, 0.29) is 12.1 Å². The maximum Gasteiger partial charge on any atom is 0.151 e. The van der Waals surface area contributed by atoms with Gasteiger partial charge >= 0.3 is 0 Å². The van der Waals surface area contributed by atoms with Crippen molar-refractivity contribution in [2.24, 2.45) is 0 Å². The third-order valence-corrected chi connectivity index (χ3v) is 4.28. The molecule has 0 saturated carbocycles. The number of fused-ring (bicyclic) bond motifs is 2. The molecular formula is C18H19NO3. The van der Waals surface area contributed by atoms with Gasteiger partial charge in [-0.2, -0.15) is 0 Å². The molecule has 1 saturated heterocycles. The Hall–Kier alpha value is -2.04. The van der Waals surface area contributed by atoms with Crippen LogP contribution >= 0.6 is 0 Å². The Kier molecular flexibility index (Phi) is 3.48. The van der Waals surface area contributed by atoms with Crippen LogP contribution in [0.15, 0.2) is 48.5 Å². The Morgan fingerprint density at radius 2 is 1.59 bits per heavy atom. The first kappa shape index (κ1) is 13.6. The number of anilines is 2. The molecule has 0 unspecified atom stereocenters. The zero-order valence-electron chi connectivity index (χ0n) is 12.3. The lowest BCUT2D eigenvalue weighted by Gasteiger charge is -2.38. The van der Waals surface area contributed by atoms with E-state index in [4.69, 9.17) is 9.47 Å². The smallest absolute Gasteiger partial charge is 0.151 e. The maximum absolute atomic E-state index is 10.1. The number of rotatable bonds is 1. The molecule has 0 aromatic heterocycles. The SMILES string of the molecule is O[C@H]1CCOC[C@H](N2c3ccccc3Oc3ccccc32)C1. The third-order valence-electron chi connectivity index (χ3n) is 4.28. The van der Waals surface area contributed by atoms with Crippen molar-refractivity contribution < 1.29 is 14.6 Å². The Labute approximate surface area is 129 Å². The summed E-state index contributed by atoms with van der Waals surface area (Å²) in [6, 6.07) is 16.1. The highest BCUT2D eigenvalue weighted by atomic mass is 16.5. The summed E-state index contributed by atoms with van der Waals surface area (Å²) >= 11 is 0. The second-order valence-electron chi connectivity index (χ2n) is 5.81. The normalized spacial score (nSPS) is 24.0. The van der Waals surface area contributed by atoms with E-state index in [1.807, 2.05) is 36.4 Å². The van der Waals surface area contributed by atoms with Gasteiger partial charge in [-0.15, -0.1) is 0 Å². The van der Waals surface area contributed by atoms with Gasteiger partial charge in [0.1, 0.15) is 0 Å². The number of para-hydroxylation sites is 4. The Balaban J connectivity index is 1.80. The van der Waals surface area contributed by atoms with Crippen LogP contribution in [0.3, 0.4) is 0 Å². The minimum Gasteiger partial charge on any atom is -0.453 e. The lowest BCUT2D eigenvalue weighted by Crippen LogP contribution is -2.37. The van der Waals surface area contributed by atoms with Gasteiger partial charge in [-0.1, -0.05) is 24.3 Å². The van der Waals surface area contributed by atoms with Gasteiger partial charge in [-0.25, -0.2) is 0 Å². The molecular weight excluding hydrogens is 278 g/mol. The van der Waals surface area contributed by atoms with Crippen LogP contribution in [0.2, 0.25) is 0 Å². The van der Waals surface area contributed by atoms with Crippen LogP contribution in [-0.4, -0.2) is 30.5 Å². The van der Waals surface area contributed by atoms with E-state index in [0.717, 1.165) is 22.9 Å². The molecule has 2 aromatic rings. The average molecular weight is 297 g/mol. The molecule has 1 fully saturated rings. The van der Waals surface area contributed by atoms with Gasteiger partial charge in [-0.3, -0.25) is 0 Å². The van der Waals surface area contributed by atoms with E-state index in [1.165, 1.54) is 0 Å². The Morgan fingerprint density at radius 1 is 0.955 bits per heavy atom. The zero-order chi connectivity index (χ0) is 14.9. The first-order valence-electron chi connectivity index (χ1n) is 7.74. The van der Waals surface area contributed by atoms with Gasteiger partial charge in [0.25, 0.3) is 0 Å². The molecule has 2 aromatic carbocycles. The first-order chi connectivity index (χ1) is 10.8. The van der Waals surface area contributed by atoms with Crippen molar-refractivity contribution in [3.63, 3.8) is 0 Å². The van der Waals surface area contributed by atoms with Gasteiger partial charge in [0.2, 0.25) is 0 Å². The van der Waals surface area contributed by atoms with Crippen molar-refractivity contribution >= 4 is 11.4 Å². The van der Waals surface area contributed by atoms with E-state index >= 15 is 0 Å². The molecule has 22 heavy (non-hydrogen) atoms. The van der Waals surface area contributed by atoms with Crippen LogP contribution in [0.5, 0.6) is 11.5 Å². The van der Waals surface area contributed by atoms with Crippen molar-refractivity contribution in [2.75, 3.05) is 18.1 Å². The van der Waals surface area contributed by atoms with Crippen LogP contribution < -0.4 is 9.64 Å². The number of hydrogen-bond acceptors (Lipinski definition) is 4. The second-order valence-corrected chi connectivity index (χ2v) is 5.81. The fraction of sp³-hybridized carbons (Fsp3) is 0.333. The molecule has 4 heteroatoms. The number of hydrogen-bond donors (Lipinski definition) is 1. The lowest BCUT2D eigenvalue weighted by molar-refractivity contribution is 0.117. The summed E-state index contributed by atoms with van der Waals surface area (Å²) in [6.07, 6.45) is 1.07. The maximum atomic E-state index is 10.1. The minimum absolute atomic E-state index is 0.101. The molecule has 0 spiro atoms. The van der Waals surface area contributed by atoms with E-state index in [2.05, 4.69) is 17.0 Å². The van der Waals surface area contributed by atoms with Gasteiger partial charge in [-0.05, 0) is 37.1 Å². The number of ether oxygens (including phenoxy) is 2. The molecule has 4 rings (SSSR count). The van der Waals surface area contributed by atoms with Crippen molar-refractivity contribution in [3.8, 4) is 11.5 Å². The predicted molar refractivity (Wildman–Crippen MR) is 84.9 cm³/mol. The number of nitrogens with zero attached hydrogens (tertiary/aromatic N) is 1. The van der Waals surface area contributed by atoms with Gasteiger partial charge in [0, 0.05) is 6.61 Å². The largest absolute Gasteiger partial charge is 0.453 e. The second kappa shape index (κ2) is 5.63. The van der Waals surface area contributed by atoms with Gasteiger partial charge in [0.15, 0.2) is 11.5 Å². The van der Waals surface area contributed by atoms with Crippen LogP contribution in [0.4, 0.5) is 11.4 Å². The predicted octanol–water partition coefficient (Wildman–Crippen LogP) is 3.47. The van der Waals surface area contributed by atoms with E-state index < -0.39 is 0 Å². The summed E-state index contributed by atoms with van der Waals surface area (Å²) in [6.45, 7) is 1.23. The Bertz CT molecular complexity index is 627. The summed E-state index contributed by atoms with van der Waals surface area (Å²) in [5.74, 6) is 1.69. The van der Waals surface area contributed by atoms with E-state index in [0.29, 0.717) is 26.1 Å². The minimum atomic E-state index is -0.324. The topological polar surface area (TPSA) is 41.9 Å².